The van der Waals surface area contributed by atoms with Crippen molar-refractivity contribution in [1.29, 1.82) is 0 Å². The zero-order chi connectivity index (χ0) is 48.5. The van der Waals surface area contributed by atoms with E-state index < -0.39 is 20.0 Å². The van der Waals surface area contributed by atoms with Gasteiger partial charge >= 0.3 is 7.82 Å². The molecule has 3 unspecified atom stereocenters. The maximum absolute atomic E-state index is 13.0. The molecule has 8 nitrogen and oxygen atoms in total. The normalized spacial score (nSPS) is 14.7. The van der Waals surface area contributed by atoms with Crippen LogP contribution in [0.1, 0.15) is 219 Å². The van der Waals surface area contributed by atoms with Crippen LogP contribution in [0.15, 0.2) is 85.1 Å². The highest BCUT2D eigenvalue weighted by molar-refractivity contribution is 7.47. The second kappa shape index (κ2) is 47.7. The summed E-state index contributed by atoms with van der Waals surface area (Å²) in [5, 5.41) is 13.9. The monoisotopic (exact) mass is 944 g/mol. The molecule has 0 aromatic carbocycles. The van der Waals surface area contributed by atoms with Crippen molar-refractivity contribution in [3.05, 3.63) is 85.1 Å². The van der Waals surface area contributed by atoms with Gasteiger partial charge in [0.2, 0.25) is 5.91 Å². The van der Waals surface area contributed by atoms with E-state index >= 15 is 0 Å². The van der Waals surface area contributed by atoms with Crippen molar-refractivity contribution in [3.63, 3.8) is 0 Å². The first-order valence-electron chi connectivity index (χ1n) is 27.0. The van der Waals surface area contributed by atoms with Gasteiger partial charge < -0.3 is 19.8 Å². The Bertz CT molecular complexity index is 1350. The quantitative estimate of drug-likeness (QED) is 0.0243. The largest absolute Gasteiger partial charge is 0.472 e. The number of phosphoric acid groups is 1. The number of unbranched alkanes of at least 4 members (excludes halogenated alkanes) is 23. The van der Waals surface area contributed by atoms with Gasteiger partial charge in [-0.15, -0.1) is 0 Å². The van der Waals surface area contributed by atoms with Gasteiger partial charge in [-0.05, 0) is 70.6 Å². The number of amides is 1. The van der Waals surface area contributed by atoms with Gasteiger partial charge in [0.25, 0.3) is 0 Å². The lowest BCUT2D eigenvalue weighted by atomic mass is 10.0. The molecule has 0 radical (unpaired) electrons. The second-order valence-electron chi connectivity index (χ2n) is 19.2. The molecular weight excluding hydrogens is 840 g/mol. The van der Waals surface area contributed by atoms with Crippen molar-refractivity contribution < 1.29 is 32.9 Å². The lowest BCUT2D eigenvalue weighted by Gasteiger charge is -2.25. The molecule has 0 aliphatic rings. The van der Waals surface area contributed by atoms with Gasteiger partial charge in [-0.2, -0.15) is 0 Å². The number of allylic oxidation sites excluding steroid dienone is 13. The standard InChI is InChI=1S/C57H103N2O6P/c1-6-8-10-12-14-16-18-20-22-24-26-28-29-31-33-35-37-39-41-43-45-47-49-51-57(61)58-55(54-65-66(62,63)64-53-52-59(3,4)5)56(60)50-48-46-44-42-40-38-36-34-32-30-27-25-23-21-19-17-15-13-11-9-7-2/h8,10,14,16,20,22,26,28,31,33,37,39,48,50,55-56,60H,6-7,9,11-13,15,17-19,21,23-25,27,29-30,32,34-36,38,40-47,49,51-54H2,1-5H3,(H-,58,61,62,63)/p+1/b10-8-,16-14-,22-20-,28-26-,33-31-,39-37-,50-48+. The van der Waals surface area contributed by atoms with Gasteiger partial charge in [0.1, 0.15) is 13.2 Å². The Morgan fingerprint density at radius 2 is 0.909 bits per heavy atom. The van der Waals surface area contributed by atoms with Crippen molar-refractivity contribution in [2.75, 3.05) is 40.9 Å². The molecule has 0 saturated heterocycles. The van der Waals surface area contributed by atoms with Crippen LogP contribution in [-0.2, 0) is 18.4 Å². The van der Waals surface area contributed by atoms with Crippen LogP contribution in [0.4, 0.5) is 0 Å². The van der Waals surface area contributed by atoms with Crippen molar-refractivity contribution in [1.82, 2.24) is 5.32 Å². The minimum absolute atomic E-state index is 0.0519. The summed E-state index contributed by atoms with van der Waals surface area (Å²) in [7, 11) is 1.54. The summed E-state index contributed by atoms with van der Waals surface area (Å²) < 4.78 is 23.7. The molecule has 3 N–H and O–H groups in total. The molecule has 1 amide bonds. The Kier molecular flexibility index (Phi) is 46.1. The smallest absolute Gasteiger partial charge is 0.387 e. The van der Waals surface area contributed by atoms with E-state index in [1.165, 1.54) is 109 Å². The average Bonchev–Trinajstić information content (AvgIpc) is 3.28. The van der Waals surface area contributed by atoms with E-state index in [-0.39, 0.29) is 19.1 Å². The Morgan fingerprint density at radius 3 is 1.33 bits per heavy atom. The first kappa shape index (κ1) is 63.7. The Balaban J connectivity index is 4.37. The Morgan fingerprint density at radius 1 is 0.530 bits per heavy atom. The molecule has 0 aromatic rings. The zero-order valence-corrected chi connectivity index (χ0v) is 44.3. The number of phosphoric ester groups is 1. The molecule has 0 bridgehead atoms. The third-order valence-corrected chi connectivity index (χ3v) is 12.6. The fraction of sp³-hybridized carbons (Fsp3) is 0.737. The molecule has 0 fully saturated rings. The fourth-order valence-electron chi connectivity index (χ4n) is 7.40. The predicted octanol–water partition coefficient (Wildman–Crippen LogP) is 16.1. The molecule has 0 rings (SSSR count). The summed E-state index contributed by atoms with van der Waals surface area (Å²) in [4.78, 5) is 23.3. The SMILES string of the molecule is CC/C=C\C/C=C\C/C=C\C/C=C\C/C=C\C/C=C\CCCCCCC(=O)NC(COP(=O)(O)OCC[N+](C)(C)C)C(O)/C=C/CCCCCCCCCCCCCCCCCCCCC. The molecule has 382 valence electrons. The molecule has 0 aliphatic carbocycles. The summed E-state index contributed by atoms with van der Waals surface area (Å²) >= 11 is 0. The van der Waals surface area contributed by atoms with Crippen molar-refractivity contribution in [2.45, 2.75) is 231 Å². The summed E-state index contributed by atoms with van der Waals surface area (Å²) in [5.41, 5.74) is 0. The molecule has 0 spiro atoms. The van der Waals surface area contributed by atoms with Gasteiger partial charge in [-0.1, -0.05) is 227 Å². The van der Waals surface area contributed by atoms with Crippen LogP contribution in [0.25, 0.3) is 0 Å². The molecule has 0 aromatic heterocycles. The summed E-state index contributed by atoms with van der Waals surface area (Å²) in [6, 6.07) is -0.866. The van der Waals surface area contributed by atoms with E-state index in [4.69, 9.17) is 9.05 Å². The number of hydrogen-bond acceptors (Lipinski definition) is 5. The number of carbonyl (C=O) groups excluding carboxylic acids is 1. The van der Waals surface area contributed by atoms with Crippen molar-refractivity contribution in [3.8, 4) is 0 Å². The third kappa shape index (κ3) is 49.6. The predicted molar refractivity (Wildman–Crippen MR) is 286 cm³/mol. The zero-order valence-electron chi connectivity index (χ0n) is 43.4. The molecule has 66 heavy (non-hydrogen) atoms. The number of hydrogen-bond donors (Lipinski definition) is 3. The van der Waals surface area contributed by atoms with Crippen LogP contribution in [0.5, 0.6) is 0 Å². The van der Waals surface area contributed by atoms with Crippen LogP contribution in [0.3, 0.4) is 0 Å². The first-order valence-corrected chi connectivity index (χ1v) is 28.5. The van der Waals surface area contributed by atoms with Crippen LogP contribution in [0, 0.1) is 0 Å². The Labute approximate surface area is 407 Å². The first-order chi connectivity index (χ1) is 32.0. The Hall–Kier alpha value is -2.32. The number of nitrogens with one attached hydrogen (secondary N) is 1. The number of aliphatic hydroxyl groups is 1. The summed E-state index contributed by atoms with van der Waals surface area (Å²) in [6.07, 6.45) is 66.7. The van der Waals surface area contributed by atoms with Crippen molar-refractivity contribution >= 4 is 13.7 Å². The highest BCUT2D eigenvalue weighted by atomic mass is 31.2. The lowest BCUT2D eigenvalue weighted by molar-refractivity contribution is -0.870. The minimum atomic E-state index is -4.36. The summed E-state index contributed by atoms with van der Waals surface area (Å²) in [5.74, 6) is -0.203. The van der Waals surface area contributed by atoms with E-state index in [9.17, 15) is 19.4 Å². The molecule has 0 aliphatic heterocycles. The average molecular weight is 944 g/mol. The van der Waals surface area contributed by atoms with E-state index in [1.807, 2.05) is 27.2 Å². The molecular formula is C57H104N2O6P+. The topological polar surface area (TPSA) is 105 Å². The van der Waals surface area contributed by atoms with Crippen LogP contribution < -0.4 is 5.32 Å². The van der Waals surface area contributed by atoms with E-state index in [2.05, 4.69) is 92.1 Å². The van der Waals surface area contributed by atoms with E-state index in [1.54, 1.807) is 6.08 Å². The minimum Gasteiger partial charge on any atom is -0.387 e. The number of nitrogens with zero attached hydrogens (tertiary/aromatic N) is 1. The van der Waals surface area contributed by atoms with Gasteiger partial charge in [0, 0.05) is 6.42 Å². The number of rotatable bonds is 48. The third-order valence-electron chi connectivity index (χ3n) is 11.6. The number of quaternary nitrogens is 1. The molecule has 9 heteroatoms. The molecule has 0 saturated carbocycles. The molecule has 3 atom stereocenters. The number of carbonyl (C=O) groups is 1. The number of likely N-dealkylation sites (N-methyl/N-ethyl adjacent to an activating group) is 1. The van der Waals surface area contributed by atoms with Gasteiger partial charge in [-0.25, -0.2) is 4.57 Å². The van der Waals surface area contributed by atoms with Gasteiger partial charge in [0.05, 0.1) is 39.9 Å². The van der Waals surface area contributed by atoms with E-state index in [0.29, 0.717) is 17.4 Å². The maximum Gasteiger partial charge on any atom is 0.472 e. The van der Waals surface area contributed by atoms with Gasteiger partial charge in [0.15, 0.2) is 0 Å². The number of aliphatic hydroxyl groups excluding tert-OH is 1. The maximum atomic E-state index is 13.0. The second-order valence-corrected chi connectivity index (χ2v) is 20.7. The van der Waals surface area contributed by atoms with Crippen molar-refractivity contribution in [2.24, 2.45) is 0 Å². The highest BCUT2D eigenvalue weighted by Gasteiger charge is 2.27. The van der Waals surface area contributed by atoms with Crippen LogP contribution in [-0.4, -0.2) is 73.4 Å². The van der Waals surface area contributed by atoms with Crippen LogP contribution in [0.2, 0.25) is 0 Å². The lowest BCUT2D eigenvalue weighted by Crippen LogP contribution is -2.45. The highest BCUT2D eigenvalue weighted by Crippen LogP contribution is 2.43. The van der Waals surface area contributed by atoms with E-state index in [0.717, 1.165) is 89.9 Å². The fourth-order valence-corrected chi connectivity index (χ4v) is 8.13. The van der Waals surface area contributed by atoms with Crippen LogP contribution >= 0.6 is 7.82 Å². The summed E-state index contributed by atoms with van der Waals surface area (Å²) in [6.45, 7) is 4.68. The molecule has 0 heterocycles. The van der Waals surface area contributed by atoms with Gasteiger partial charge in [-0.3, -0.25) is 13.8 Å².